The number of aromatic nitrogens is 4. The van der Waals surface area contributed by atoms with E-state index in [1.165, 1.54) is 12.6 Å². The molecule has 9 heteroatoms. The molecule has 4 rings (SSSR count). The van der Waals surface area contributed by atoms with Crippen LogP contribution in [0, 0.1) is 5.82 Å². The zero-order valence-electron chi connectivity index (χ0n) is 16.0. The van der Waals surface area contributed by atoms with Crippen LogP contribution in [-0.2, 0) is 4.79 Å². The minimum Gasteiger partial charge on any atom is -0.356 e. The molecule has 3 N–H and O–H groups in total. The Hall–Kier alpha value is -2.74. The van der Waals surface area contributed by atoms with Crippen LogP contribution in [0.5, 0.6) is 0 Å². The van der Waals surface area contributed by atoms with Gasteiger partial charge in [-0.3, -0.25) is 4.79 Å². The van der Waals surface area contributed by atoms with Crippen LogP contribution < -0.4 is 10.6 Å². The number of carbonyl (C=O) groups excluding carboxylic acids is 1. The fourth-order valence-electron chi connectivity index (χ4n) is 3.60. The molecule has 1 fully saturated rings. The van der Waals surface area contributed by atoms with Crippen molar-refractivity contribution in [1.29, 1.82) is 0 Å². The Morgan fingerprint density at radius 2 is 2.07 bits per heavy atom. The zero-order valence-corrected chi connectivity index (χ0v) is 16.8. The van der Waals surface area contributed by atoms with Crippen molar-refractivity contribution in [2.45, 2.75) is 51.1 Å². The van der Waals surface area contributed by atoms with Crippen molar-refractivity contribution in [1.82, 2.24) is 25.3 Å². The number of pyridine rings is 1. The van der Waals surface area contributed by atoms with Gasteiger partial charge < -0.3 is 15.6 Å². The molecule has 29 heavy (non-hydrogen) atoms. The predicted octanol–water partition coefficient (Wildman–Crippen LogP) is 4.06. The third-order valence-electron chi connectivity index (χ3n) is 5.18. The number of nitrogens with one attached hydrogen (secondary N) is 3. The van der Waals surface area contributed by atoms with E-state index in [4.69, 9.17) is 11.6 Å². The summed E-state index contributed by atoms with van der Waals surface area (Å²) in [5.41, 5.74) is 1.28. The number of aromatic amines is 1. The second-order valence-corrected chi connectivity index (χ2v) is 7.79. The van der Waals surface area contributed by atoms with Gasteiger partial charge >= 0.3 is 0 Å². The Morgan fingerprint density at radius 1 is 1.28 bits per heavy atom. The lowest BCUT2D eigenvalue weighted by Gasteiger charge is -2.25. The van der Waals surface area contributed by atoms with E-state index in [1.807, 2.05) is 0 Å². The van der Waals surface area contributed by atoms with Gasteiger partial charge in [-0.15, -0.1) is 0 Å². The van der Waals surface area contributed by atoms with Crippen LogP contribution in [0.2, 0.25) is 5.02 Å². The molecule has 3 aromatic heterocycles. The van der Waals surface area contributed by atoms with Crippen molar-refractivity contribution in [3.8, 4) is 11.4 Å². The highest BCUT2D eigenvalue weighted by atomic mass is 35.5. The fraction of sp³-hybridized carbons (Fsp3) is 0.400. The SMILES string of the molecule is C[C@H](Nc1nc(-c2c[nH]c3ncc(Cl)cc23)ncc1F)C(=O)NC1CCCCC1. The summed E-state index contributed by atoms with van der Waals surface area (Å²) in [6.07, 6.45) is 9.76. The lowest BCUT2D eigenvalue weighted by molar-refractivity contribution is -0.122. The first-order valence-electron chi connectivity index (χ1n) is 9.73. The Balaban J connectivity index is 1.53. The standard InChI is InChI=1S/C20H22ClFN6O/c1-11(20(29)27-13-5-3-2-4-6-13)26-19-16(22)10-25-18(28-19)15-9-24-17-14(15)7-12(21)8-23-17/h7-11,13H,2-6H2,1H3,(H,23,24)(H,27,29)(H,25,26,28)/t11-/m0/s1. The van der Waals surface area contributed by atoms with Gasteiger partial charge in [0.1, 0.15) is 11.7 Å². The molecular formula is C20H22ClFN6O. The number of rotatable bonds is 5. The third kappa shape index (κ3) is 4.32. The summed E-state index contributed by atoms with van der Waals surface area (Å²) in [4.78, 5) is 28.1. The van der Waals surface area contributed by atoms with Gasteiger partial charge in [0.25, 0.3) is 0 Å². The number of hydrogen-bond acceptors (Lipinski definition) is 5. The van der Waals surface area contributed by atoms with Crippen LogP contribution in [0.1, 0.15) is 39.0 Å². The van der Waals surface area contributed by atoms with Gasteiger partial charge in [0.2, 0.25) is 5.91 Å². The molecule has 152 valence electrons. The Kier molecular flexibility index (Phi) is 5.62. The van der Waals surface area contributed by atoms with Crippen LogP contribution >= 0.6 is 11.6 Å². The molecule has 0 bridgehead atoms. The summed E-state index contributed by atoms with van der Waals surface area (Å²) in [6, 6.07) is 1.30. The maximum atomic E-state index is 14.3. The van der Waals surface area contributed by atoms with Gasteiger partial charge in [-0.2, -0.15) is 0 Å². The zero-order chi connectivity index (χ0) is 20.4. The number of fused-ring (bicyclic) bond motifs is 1. The van der Waals surface area contributed by atoms with Gasteiger partial charge in [0.15, 0.2) is 17.5 Å². The van der Waals surface area contributed by atoms with E-state index >= 15 is 0 Å². The summed E-state index contributed by atoms with van der Waals surface area (Å²) in [5, 5.41) is 7.12. The molecule has 1 saturated carbocycles. The van der Waals surface area contributed by atoms with E-state index in [9.17, 15) is 9.18 Å². The first-order valence-corrected chi connectivity index (χ1v) is 10.1. The van der Waals surface area contributed by atoms with E-state index < -0.39 is 11.9 Å². The number of nitrogens with zero attached hydrogens (tertiary/aromatic N) is 3. The predicted molar refractivity (Wildman–Crippen MR) is 110 cm³/mol. The highest BCUT2D eigenvalue weighted by molar-refractivity contribution is 6.31. The molecule has 0 radical (unpaired) electrons. The lowest BCUT2D eigenvalue weighted by Crippen LogP contribution is -2.44. The van der Waals surface area contributed by atoms with Gasteiger partial charge in [0, 0.05) is 29.4 Å². The topological polar surface area (TPSA) is 95.6 Å². The minimum absolute atomic E-state index is 0.0226. The number of halogens is 2. The van der Waals surface area contributed by atoms with E-state index in [0.717, 1.165) is 37.3 Å². The maximum absolute atomic E-state index is 14.3. The van der Waals surface area contributed by atoms with Crippen LogP contribution in [-0.4, -0.2) is 37.9 Å². The van der Waals surface area contributed by atoms with Crippen LogP contribution in [0.4, 0.5) is 10.2 Å². The van der Waals surface area contributed by atoms with Crippen molar-refractivity contribution in [2.24, 2.45) is 0 Å². The number of amides is 1. The molecule has 1 atom stereocenters. The van der Waals surface area contributed by atoms with E-state index in [0.29, 0.717) is 22.1 Å². The van der Waals surface area contributed by atoms with E-state index in [-0.39, 0.29) is 17.8 Å². The second kappa shape index (κ2) is 8.32. The van der Waals surface area contributed by atoms with E-state index in [2.05, 4.69) is 30.6 Å². The molecule has 3 aromatic rings. The normalized spacial score (nSPS) is 16.0. The molecular weight excluding hydrogens is 395 g/mol. The van der Waals surface area contributed by atoms with Gasteiger partial charge in [-0.05, 0) is 25.8 Å². The first-order chi connectivity index (χ1) is 14.0. The maximum Gasteiger partial charge on any atom is 0.242 e. The number of hydrogen-bond donors (Lipinski definition) is 3. The molecule has 0 saturated heterocycles. The van der Waals surface area contributed by atoms with Crippen molar-refractivity contribution < 1.29 is 9.18 Å². The monoisotopic (exact) mass is 416 g/mol. The molecule has 0 aliphatic heterocycles. The van der Waals surface area contributed by atoms with E-state index in [1.54, 1.807) is 19.2 Å². The first kappa shape index (κ1) is 19.6. The van der Waals surface area contributed by atoms with Crippen LogP contribution in [0.25, 0.3) is 22.4 Å². The fourth-order valence-corrected chi connectivity index (χ4v) is 3.76. The average molecular weight is 417 g/mol. The van der Waals surface area contributed by atoms with Gasteiger partial charge in [0.05, 0.1) is 11.2 Å². The van der Waals surface area contributed by atoms with Crippen molar-refractivity contribution in [3.63, 3.8) is 0 Å². The molecule has 1 aliphatic rings. The lowest BCUT2D eigenvalue weighted by atomic mass is 9.95. The summed E-state index contributed by atoms with van der Waals surface area (Å²) in [5.74, 6) is -0.503. The average Bonchev–Trinajstić information content (AvgIpc) is 3.13. The summed E-state index contributed by atoms with van der Waals surface area (Å²) >= 11 is 6.04. The minimum atomic E-state index is -0.631. The summed E-state index contributed by atoms with van der Waals surface area (Å²) in [6.45, 7) is 1.69. The van der Waals surface area contributed by atoms with Gasteiger partial charge in [-0.25, -0.2) is 19.3 Å². The molecule has 3 heterocycles. The second-order valence-electron chi connectivity index (χ2n) is 7.35. The largest absolute Gasteiger partial charge is 0.356 e. The molecule has 0 aromatic carbocycles. The number of anilines is 1. The molecule has 7 nitrogen and oxygen atoms in total. The quantitative estimate of drug-likeness (QED) is 0.582. The highest BCUT2D eigenvalue weighted by Gasteiger charge is 2.21. The van der Waals surface area contributed by atoms with Gasteiger partial charge in [-0.1, -0.05) is 30.9 Å². The number of H-pyrrole nitrogens is 1. The number of carbonyl (C=O) groups is 1. The smallest absolute Gasteiger partial charge is 0.242 e. The Morgan fingerprint density at radius 3 is 2.86 bits per heavy atom. The molecule has 1 amide bonds. The summed E-state index contributed by atoms with van der Waals surface area (Å²) < 4.78 is 14.3. The van der Waals surface area contributed by atoms with Crippen molar-refractivity contribution in [2.75, 3.05) is 5.32 Å². The van der Waals surface area contributed by atoms with Crippen LogP contribution in [0.3, 0.4) is 0 Å². The Labute approximate surface area is 172 Å². The van der Waals surface area contributed by atoms with Crippen molar-refractivity contribution >= 4 is 34.4 Å². The van der Waals surface area contributed by atoms with Crippen molar-refractivity contribution in [3.05, 3.63) is 35.5 Å². The highest BCUT2D eigenvalue weighted by Crippen LogP contribution is 2.28. The summed E-state index contributed by atoms with van der Waals surface area (Å²) in [7, 11) is 0. The van der Waals surface area contributed by atoms with Crippen LogP contribution in [0.15, 0.2) is 24.7 Å². The molecule has 0 spiro atoms. The molecule has 0 unspecified atom stereocenters. The Bertz CT molecular complexity index is 1030. The third-order valence-corrected chi connectivity index (χ3v) is 5.39. The molecule has 1 aliphatic carbocycles.